The largest absolute Gasteiger partial charge is 0.344 e. The van der Waals surface area contributed by atoms with Gasteiger partial charge in [-0.3, -0.25) is 4.55 Å². The topological polar surface area (TPSA) is 101 Å². The first-order chi connectivity index (χ1) is 5.08. The lowest BCUT2D eigenvalue weighted by atomic mass is 9.96. The molecule has 12 heavy (non-hydrogen) atoms. The first-order valence-corrected chi connectivity index (χ1v) is 5.27. The van der Waals surface area contributed by atoms with Crippen LogP contribution >= 0.6 is 0 Å². The Morgan fingerprint density at radius 2 is 1.67 bits per heavy atom. The maximum atomic E-state index is 10.3. The molecule has 0 aromatic carbocycles. The number of hydrogen-bond donors (Lipinski definition) is 3. The van der Waals surface area contributed by atoms with Crippen molar-refractivity contribution in [3.05, 3.63) is 0 Å². The number of rotatable bonds is 2. The third-order valence-electron chi connectivity index (χ3n) is 1.92. The Morgan fingerprint density at radius 3 is 2.08 bits per heavy atom. The summed E-state index contributed by atoms with van der Waals surface area (Å²) in [6.07, 6.45) is 4.96. The summed E-state index contributed by atoms with van der Waals surface area (Å²) in [6.45, 7) is 0. The van der Waals surface area contributed by atoms with Crippen LogP contribution in [0, 0.1) is 0 Å². The molecule has 1 aliphatic carbocycles. The van der Waals surface area contributed by atoms with Gasteiger partial charge in [0.1, 0.15) is 0 Å². The Balaban J connectivity index is 0.00000121. The van der Waals surface area contributed by atoms with Gasteiger partial charge in [0.25, 0.3) is 0 Å². The second-order valence-corrected chi connectivity index (χ2v) is 4.11. The first kappa shape index (κ1) is 11.8. The molecule has 0 atom stereocenters. The molecule has 1 fully saturated rings. The zero-order valence-electron chi connectivity index (χ0n) is 6.99. The van der Waals surface area contributed by atoms with Crippen molar-refractivity contribution in [1.82, 2.24) is 10.9 Å². The Kier molecular flexibility index (Phi) is 4.69. The lowest BCUT2D eigenvalue weighted by molar-refractivity contribution is 0.389. The molecule has 0 aliphatic heterocycles. The molecule has 0 aromatic heterocycles. The van der Waals surface area contributed by atoms with Crippen LogP contribution in [0.1, 0.15) is 32.1 Å². The molecule has 0 radical (unpaired) electrons. The highest BCUT2D eigenvalue weighted by Crippen LogP contribution is 2.17. The summed E-state index contributed by atoms with van der Waals surface area (Å²) in [7, 11) is -3.97. The van der Waals surface area contributed by atoms with Gasteiger partial charge in [0.05, 0.1) is 0 Å². The second-order valence-electron chi connectivity index (χ2n) is 2.93. The van der Waals surface area contributed by atoms with Crippen LogP contribution in [0.25, 0.3) is 0 Å². The summed E-state index contributed by atoms with van der Waals surface area (Å²) < 4.78 is 31.3. The molecule has 0 aromatic rings. The lowest BCUT2D eigenvalue weighted by Crippen LogP contribution is -2.35. The molecular weight excluding hydrogens is 180 g/mol. The van der Waals surface area contributed by atoms with Crippen LogP contribution in [-0.2, 0) is 10.3 Å². The summed E-state index contributed by atoms with van der Waals surface area (Å²) in [6, 6.07) is -0.0428. The molecule has 5 N–H and O–H groups in total. The zero-order valence-corrected chi connectivity index (χ0v) is 7.81. The number of nitrogens with one attached hydrogen (secondary N) is 1. The highest BCUT2D eigenvalue weighted by Gasteiger charge is 2.17. The lowest BCUT2D eigenvalue weighted by Gasteiger charge is -2.20. The van der Waals surface area contributed by atoms with Gasteiger partial charge in [0.2, 0.25) is 0 Å². The fourth-order valence-electron chi connectivity index (χ4n) is 1.43. The van der Waals surface area contributed by atoms with E-state index in [4.69, 9.17) is 4.55 Å². The summed E-state index contributed by atoms with van der Waals surface area (Å²) in [4.78, 5) is 0. The highest BCUT2D eigenvalue weighted by atomic mass is 32.2. The van der Waals surface area contributed by atoms with E-state index in [9.17, 15) is 8.42 Å². The molecule has 1 saturated carbocycles. The monoisotopic (exact) mass is 196 g/mol. The van der Waals surface area contributed by atoms with Crippen LogP contribution in [0.2, 0.25) is 0 Å². The fraction of sp³-hybridized carbons (Fsp3) is 1.00. The van der Waals surface area contributed by atoms with E-state index in [1.165, 1.54) is 6.42 Å². The summed E-state index contributed by atoms with van der Waals surface area (Å²) >= 11 is 0. The van der Waals surface area contributed by atoms with Crippen molar-refractivity contribution < 1.29 is 13.0 Å². The van der Waals surface area contributed by atoms with Crippen molar-refractivity contribution in [2.45, 2.75) is 38.1 Å². The van der Waals surface area contributed by atoms with E-state index in [1.54, 1.807) is 0 Å². The van der Waals surface area contributed by atoms with Crippen LogP contribution in [0.3, 0.4) is 0 Å². The van der Waals surface area contributed by atoms with Crippen molar-refractivity contribution in [1.29, 1.82) is 0 Å². The van der Waals surface area contributed by atoms with Gasteiger partial charge in [-0.2, -0.15) is 13.1 Å². The fourth-order valence-corrected chi connectivity index (χ4v) is 2.09. The van der Waals surface area contributed by atoms with E-state index in [1.807, 2.05) is 0 Å². The van der Waals surface area contributed by atoms with Gasteiger partial charge in [-0.25, -0.2) is 0 Å². The van der Waals surface area contributed by atoms with Crippen LogP contribution in [-0.4, -0.2) is 19.0 Å². The van der Waals surface area contributed by atoms with E-state index in [0.717, 1.165) is 25.7 Å². The molecule has 0 amide bonds. The molecule has 1 aliphatic rings. The van der Waals surface area contributed by atoms with Crippen molar-refractivity contribution in [2.24, 2.45) is 0 Å². The maximum absolute atomic E-state index is 10.3. The quantitative estimate of drug-likeness (QED) is 0.570. The molecule has 0 saturated heterocycles. The minimum atomic E-state index is -3.97. The standard InChI is InChI=1S/C6H13NO3S.H3N/c8-11(9,10)7-6-4-2-1-3-5-6;/h6-7H,1-5H2,(H,8,9,10);1H3. The first-order valence-electron chi connectivity index (χ1n) is 3.83. The molecule has 5 nitrogen and oxygen atoms in total. The molecule has 0 bridgehead atoms. The van der Waals surface area contributed by atoms with Crippen molar-refractivity contribution in [3.8, 4) is 0 Å². The Labute approximate surface area is 73.0 Å². The average molecular weight is 196 g/mol. The molecule has 6 heteroatoms. The van der Waals surface area contributed by atoms with Crippen molar-refractivity contribution >= 4 is 10.3 Å². The van der Waals surface area contributed by atoms with Crippen LogP contribution in [0.5, 0.6) is 0 Å². The van der Waals surface area contributed by atoms with Gasteiger partial charge < -0.3 is 6.15 Å². The van der Waals surface area contributed by atoms with Gasteiger partial charge in [-0.1, -0.05) is 19.3 Å². The summed E-state index contributed by atoms with van der Waals surface area (Å²) in [5.74, 6) is 0. The number of hydrogen-bond acceptors (Lipinski definition) is 3. The SMILES string of the molecule is N.O=S(=O)(O)NC1CCCCC1. The predicted octanol–water partition coefficient (Wildman–Crippen LogP) is 0.873. The minimum absolute atomic E-state index is 0. The predicted molar refractivity (Wildman–Crippen MR) is 46.6 cm³/mol. The van der Waals surface area contributed by atoms with E-state index >= 15 is 0 Å². The summed E-state index contributed by atoms with van der Waals surface area (Å²) in [5, 5.41) is 0. The average Bonchev–Trinajstić information content (AvgIpc) is 1.85. The van der Waals surface area contributed by atoms with Gasteiger partial charge in [-0.15, -0.1) is 0 Å². The Bertz CT molecular complexity index is 209. The smallest absolute Gasteiger partial charge is 0.333 e. The van der Waals surface area contributed by atoms with E-state index in [0.29, 0.717) is 0 Å². The Morgan fingerprint density at radius 1 is 1.17 bits per heavy atom. The van der Waals surface area contributed by atoms with Crippen LogP contribution in [0.4, 0.5) is 0 Å². The van der Waals surface area contributed by atoms with E-state index < -0.39 is 10.3 Å². The van der Waals surface area contributed by atoms with Crippen molar-refractivity contribution in [2.75, 3.05) is 0 Å². The second kappa shape index (κ2) is 4.76. The van der Waals surface area contributed by atoms with E-state index in [-0.39, 0.29) is 12.2 Å². The maximum Gasteiger partial charge on any atom is 0.333 e. The van der Waals surface area contributed by atoms with Crippen LogP contribution in [0.15, 0.2) is 0 Å². The molecular formula is C6H16N2O3S. The third-order valence-corrected chi connectivity index (χ3v) is 2.55. The highest BCUT2D eigenvalue weighted by molar-refractivity contribution is 7.83. The van der Waals surface area contributed by atoms with E-state index in [2.05, 4.69) is 4.72 Å². The Hall–Kier alpha value is -0.170. The van der Waals surface area contributed by atoms with Crippen molar-refractivity contribution in [3.63, 3.8) is 0 Å². The van der Waals surface area contributed by atoms with Gasteiger partial charge in [-0.05, 0) is 12.8 Å². The zero-order chi connectivity index (χ0) is 8.32. The van der Waals surface area contributed by atoms with Gasteiger partial charge in [0.15, 0.2) is 0 Å². The molecule has 0 spiro atoms. The van der Waals surface area contributed by atoms with Gasteiger partial charge >= 0.3 is 10.3 Å². The normalized spacial score (nSPS) is 20.1. The molecule has 74 valence electrons. The third kappa shape index (κ3) is 4.66. The van der Waals surface area contributed by atoms with Gasteiger partial charge in [0, 0.05) is 6.04 Å². The molecule has 1 rings (SSSR count). The van der Waals surface area contributed by atoms with Crippen LogP contribution < -0.4 is 10.9 Å². The molecule has 0 unspecified atom stereocenters. The molecule has 0 heterocycles. The summed E-state index contributed by atoms with van der Waals surface area (Å²) in [5.41, 5.74) is 0. The minimum Gasteiger partial charge on any atom is -0.344 e.